The summed E-state index contributed by atoms with van der Waals surface area (Å²) in [6.45, 7) is 0. The highest BCUT2D eigenvalue weighted by Crippen LogP contribution is 2.30. The normalized spacial score (nSPS) is 11.8. The van der Waals surface area contributed by atoms with Crippen LogP contribution in [0.2, 0.25) is 10.0 Å². The summed E-state index contributed by atoms with van der Waals surface area (Å²) in [6, 6.07) is 14.5. The Morgan fingerprint density at radius 3 is 2.54 bits per heavy atom. The van der Waals surface area contributed by atoms with Crippen LogP contribution < -0.4 is 5.32 Å². The number of carbonyl (C=O) groups excluding carboxylic acids is 1. The van der Waals surface area contributed by atoms with E-state index in [1.165, 1.54) is 11.3 Å². The second-order valence-electron chi connectivity index (χ2n) is 6.14. The molecule has 28 heavy (non-hydrogen) atoms. The standard InChI is InChI=1S/C20H16Cl2N2O3S/c21-15-7-6-13(9-16(15)22)17-11-28-20(23-17)24-19(27)14(10-18(25)26)8-12-4-2-1-3-5-12/h1-7,9,11,14H,8,10H2,(H,25,26)(H,23,24,27). The number of aromatic nitrogens is 1. The Morgan fingerprint density at radius 1 is 1.11 bits per heavy atom. The van der Waals surface area contributed by atoms with Crippen LogP contribution in [0.4, 0.5) is 5.13 Å². The van der Waals surface area contributed by atoms with Crippen molar-refractivity contribution in [2.75, 3.05) is 5.32 Å². The SMILES string of the molecule is O=C(O)CC(Cc1ccccc1)C(=O)Nc1nc(-c2ccc(Cl)c(Cl)c2)cs1. The van der Waals surface area contributed by atoms with Gasteiger partial charge in [0, 0.05) is 10.9 Å². The van der Waals surface area contributed by atoms with Gasteiger partial charge in [-0.25, -0.2) is 4.98 Å². The summed E-state index contributed by atoms with van der Waals surface area (Å²) in [5.74, 6) is -2.09. The smallest absolute Gasteiger partial charge is 0.304 e. The number of halogens is 2. The number of carboxylic acid groups (broad SMARTS) is 1. The van der Waals surface area contributed by atoms with Gasteiger partial charge in [-0.1, -0.05) is 59.6 Å². The number of hydrogen-bond donors (Lipinski definition) is 2. The molecular weight excluding hydrogens is 419 g/mol. The summed E-state index contributed by atoms with van der Waals surface area (Å²) < 4.78 is 0. The molecular formula is C20H16Cl2N2O3S. The molecule has 1 atom stereocenters. The molecule has 5 nitrogen and oxygen atoms in total. The van der Waals surface area contributed by atoms with E-state index in [1.807, 2.05) is 30.3 Å². The van der Waals surface area contributed by atoms with Gasteiger partial charge < -0.3 is 10.4 Å². The molecule has 0 spiro atoms. The van der Waals surface area contributed by atoms with Gasteiger partial charge in [0.15, 0.2) is 5.13 Å². The molecule has 3 aromatic rings. The number of carboxylic acids is 1. The fourth-order valence-corrected chi connectivity index (χ4v) is 3.71. The van der Waals surface area contributed by atoms with Gasteiger partial charge in [0.05, 0.1) is 28.1 Å². The van der Waals surface area contributed by atoms with Gasteiger partial charge in [-0.3, -0.25) is 9.59 Å². The number of nitrogens with zero attached hydrogens (tertiary/aromatic N) is 1. The van der Waals surface area contributed by atoms with Crippen molar-refractivity contribution in [2.24, 2.45) is 5.92 Å². The molecule has 8 heteroatoms. The highest BCUT2D eigenvalue weighted by molar-refractivity contribution is 7.14. The Morgan fingerprint density at radius 2 is 1.86 bits per heavy atom. The maximum atomic E-state index is 12.7. The largest absolute Gasteiger partial charge is 0.481 e. The van der Waals surface area contributed by atoms with Crippen molar-refractivity contribution in [3.8, 4) is 11.3 Å². The molecule has 1 aromatic heterocycles. The Balaban J connectivity index is 1.73. The molecule has 0 fully saturated rings. The molecule has 0 saturated carbocycles. The quantitative estimate of drug-likeness (QED) is 0.522. The minimum Gasteiger partial charge on any atom is -0.481 e. The minimum absolute atomic E-state index is 0.258. The predicted molar refractivity (Wildman–Crippen MR) is 112 cm³/mol. The second kappa shape index (κ2) is 9.19. The van der Waals surface area contributed by atoms with Crippen LogP contribution in [0.3, 0.4) is 0 Å². The van der Waals surface area contributed by atoms with Gasteiger partial charge in [0.2, 0.25) is 5.91 Å². The number of aliphatic carboxylic acids is 1. The third-order valence-corrected chi connectivity index (χ3v) is 5.56. The Hall–Kier alpha value is -2.41. The Labute approximate surface area is 176 Å². The lowest BCUT2D eigenvalue weighted by molar-refractivity contribution is -0.140. The van der Waals surface area contributed by atoms with Crippen molar-refractivity contribution in [2.45, 2.75) is 12.8 Å². The first-order valence-corrected chi connectivity index (χ1v) is 10.0. The third-order valence-electron chi connectivity index (χ3n) is 4.07. The molecule has 0 saturated heterocycles. The lowest BCUT2D eigenvalue weighted by Crippen LogP contribution is -2.27. The number of hydrogen-bond acceptors (Lipinski definition) is 4. The average Bonchev–Trinajstić information content (AvgIpc) is 3.12. The van der Waals surface area contributed by atoms with Crippen LogP contribution in [0.15, 0.2) is 53.9 Å². The summed E-state index contributed by atoms with van der Waals surface area (Å²) >= 11 is 13.2. The van der Waals surface area contributed by atoms with E-state index in [4.69, 9.17) is 28.3 Å². The first-order chi connectivity index (χ1) is 13.4. The van der Waals surface area contributed by atoms with Gasteiger partial charge >= 0.3 is 5.97 Å². The number of carbonyl (C=O) groups is 2. The number of rotatable bonds is 7. The molecule has 1 heterocycles. The van der Waals surface area contributed by atoms with E-state index >= 15 is 0 Å². The zero-order valence-corrected chi connectivity index (χ0v) is 16.9. The Bertz CT molecular complexity index is 992. The fourth-order valence-electron chi connectivity index (χ4n) is 2.69. The first-order valence-electron chi connectivity index (χ1n) is 8.40. The summed E-state index contributed by atoms with van der Waals surface area (Å²) in [7, 11) is 0. The number of thiazole rings is 1. The zero-order chi connectivity index (χ0) is 20.1. The van der Waals surface area contributed by atoms with E-state index in [-0.39, 0.29) is 12.3 Å². The van der Waals surface area contributed by atoms with Crippen molar-refractivity contribution in [3.63, 3.8) is 0 Å². The molecule has 2 aromatic carbocycles. The van der Waals surface area contributed by atoms with Crippen molar-refractivity contribution >= 4 is 51.5 Å². The van der Waals surface area contributed by atoms with Crippen LogP contribution >= 0.6 is 34.5 Å². The van der Waals surface area contributed by atoms with E-state index < -0.39 is 11.9 Å². The van der Waals surface area contributed by atoms with Crippen LogP contribution in [-0.4, -0.2) is 22.0 Å². The number of amides is 1. The lowest BCUT2D eigenvalue weighted by Gasteiger charge is -2.14. The van der Waals surface area contributed by atoms with Crippen molar-refractivity contribution in [1.82, 2.24) is 4.98 Å². The molecule has 0 aliphatic carbocycles. The first kappa shape index (κ1) is 20.3. The zero-order valence-electron chi connectivity index (χ0n) is 14.6. The van der Waals surface area contributed by atoms with Crippen molar-refractivity contribution < 1.29 is 14.7 Å². The van der Waals surface area contributed by atoms with Gasteiger partial charge in [-0.05, 0) is 24.1 Å². The number of anilines is 1. The molecule has 2 N–H and O–H groups in total. The Kier molecular flexibility index (Phi) is 6.67. The fraction of sp³-hybridized carbons (Fsp3) is 0.150. The van der Waals surface area contributed by atoms with Crippen LogP contribution in [0.25, 0.3) is 11.3 Å². The highest BCUT2D eigenvalue weighted by Gasteiger charge is 2.23. The van der Waals surface area contributed by atoms with Crippen LogP contribution in [0.5, 0.6) is 0 Å². The molecule has 3 rings (SSSR count). The van der Waals surface area contributed by atoms with Gasteiger partial charge in [0.1, 0.15) is 0 Å². The second-order valence-corrected chi connectivity index (χ2v) is 7.81. The lowest BCUT2D eigenvalue weighted by atomic mass is 9.95. The monoisotopic (exact) mass is 434 g/mol. The summed E-state index contributed by atoms with van der Waals surface area (Å²) in [4.78, 5) is 28.2. The van der Waals surface area contributed by atoms with Gasteiger partial charge in [0.25, 0.3) is 0 Å². The van der Waals surface area contributed by atoms with Crippen LogP contribution in [-0.2, 0) is 16.0 Å². The molecule has 0 aliphatic rings. The molecule has 1 unspecified atom stereocenters. The van der Waals surface area contributed by atoms with Crippen molar-refractivity contribution in [1.29, 1.82) is 0 Å². The average molecular weight is 435 g/mol. The van der Waals surface area contributed by atoms with Crippen molar-refractivity contribution in [3.05, 3.63) is 69.5 Å². The van der Waals surface area contributed by atoms with Crippen LogP contribution in [0.1, 0.15) is 12.0 Å². The summed E-state index contributed by atoms with van der Waals surface area (Å²) in [5.41, 5.74) is 2.33. The van der Waals surface area contributed by atoms with Gasteiger partial charge in [-0.15, -0.1) is 11.3 Å². The van der Waals surface area contributed by atoms with Gasteiger partial charge in [-0.2, -0.15) is 0 Å². The van der Waals surface area contributed by atoms with E-state index in [1.54, 1.807) is 23.6 Å². The molecule has 0 bridgehead atoms. The third kappa shape index (κ3) is 5.32. The molecule has 0 radical (unpaired) electrons. The van der Waals surface area contributed by atoms with E-state index in [0.29, 0.717) is 27.3 Å². The minimum atomic E-state index is -1.02. The number of benzene rings is 2. The summed E-state index contributed by atoms with van der Waals surface area (Å²) in [5, 5.41) is 14.9. The highest BCUT2D eigenvalue weighted by atomic mass is 35.5. The summed E-state index contributed by atoms with van der Waals surface area (Å²) in [6.07, 6.45) is 0.0791. The van der Waals surface area contributed by atoms with E-state index in [2.05, 4.69) is 10.3 Å². The molecule has 0 aliphatic heterocycles. The van der Waals surface area contributed by atoms with Crippen LogP contribution in [0, 0.1) is 5.92 Å². The number of nitrogens with one attached hydrogen (secondary N) is 1. The predicted octanol–water partition coefficient (Wildman–Crippen LogP) is 5.39. The molecule has 144 valence electrons. The molecule has 1 amide bonds. The van der Waals surface area contributed by atoms with E-state index in [0.717, 1.165) is 11.1 Å². The van der Waals surface area contributed by atoms with E-state index in [9.17, 15) is 9.59 Å². The maximum Gasteiger partial charge on any atom is 0.304 e. The topological polar surface area (TPSA) is 79.3 Å². The maximum absolute atomic E-state index is 12.7.